The molecule has 2 aromatic carbocycles. The predicted molar refractivity (Wildman–Crippen MR) is 116 cm³/mol. The van der Waals surface area contributed by atoms with Crippen molar-refractivity contribution in [2.24, 2.45) is 0 Å². The maximum atomic E-state index is 13.2. The van der Waals surface area contributed by atoms with Gasteiger partial charge in [0.2, 0.25) is 10.0 Å². The summed E-state index contributed by atoms with van der Waals surface area (Å²) in [5.41, 5.74) is 2.75. The normalized spacial score (nSPS) is 10.9. The smallest absolute Gasteiger partial charge is 0.207 e. The van der Waals surface area contributed by atoms with Gasteiger partial charge in [0.05, 0.1) is 11.4 Å². The molecule has 0 fully saturated rings. The molecule has 28 heavy (non-hydrogen) atoms. The van der Waals surface area contributed by atoms with Gasteiger partial charge in [0.15, 0.2) is 0 Å². The van der Waals surface area contributed by atoms with Crippen LogP contribution in [0.15, 0.2) is 84.3 Å². The molecular weight excluding hydrogens is 366 g/mol. The van der Waals surface area contributed by atoms with E-state index in [9.17, 15) is 8.42 Å². The zero-order valence-electron chi connectivity index (χ0n) is 16.4. The van der Waals surface area contributed by atoms with Crippen molar-refractivity contribution < 1.29 is 8.42 Å². The summed E-state index contributed by atoms with van der Waals surface area (Å²) in [6.45, 7) is 10.1. The summed E-state index contributed by atoms with van der Waals surface area (Å²) in [5.74, 6) is 6.04. The lowest BCUT2D eigenvalue weighted by atomic mass is 10.1. The van der Waals surface area contributed by atoms with Gasteiger partial charge in [-0.15, -0.1) is 6.58 Å². The summed E-state index contributed by atoms with van der Waals surface area (Å²) in [7, 11) is -3.65. The second-order valence-electron chi connectivity index (χ2n) is 6.68. The molecule has 0 unspecified atom stereocenters. The third-order valence-electron chi connectivity index (χ3n) is 4.26. The van der Waals surface area contributed by atoms with E-state index in [0.29, 0.717) is 0 Å². The Morgan fingerprint density at radius 1 is 1.11 bits per heavy atom. The molecule has 0 N–H and O–H groups in total. The van der Waals surface area contributed by atoms with E-state index in [-0.39, 0.29) is 18.0 Å². The molecule has 4 heteroatoms. The van der Waals surface area contributed by atoms with Crippen molar-refractivity contribution in [2.75, 3.05) is 13.1 Å². The van der Waals surface area contributed by atoms with Crippen LogP contribution in [0.1, 0.15) is 30.4 Å². The standard InChI is InChI=1S/C24H27NO2S/c1-4-5-7-11-22(3)20-25(19-10-14-23-12-8-6-9-13-23)28(26,27)24-17-15-21(2)16-18-24/h4,6,8-9,12-13,15-18H,1,3,5,7,11,19-20H2,2H3. The van der Waals surface area contributed by atoms with Crippen LogP contribution in [-0.4, -0.2) is 25.8 Å². The molecule has 0 heterocycles. The summed E-state index contributed by atoms with van der Waals surface area (Å²) >= 11 is 0. The van der Waals surface area contributed by atoms with Crippen LogP contribution in [0.2, 0.25) is 0 Å². The molecular formula is C24H27NO2S. The topological polar surface area (TPSA) is 37.4 Å². The molecule has 0 saturated heterocycles. The average Bonchev–Trinajstić information content (AvgIpc) is 2.68. The maximum Gasteiger partial charge on any atom is 0.244 e. The second-order valence-corrected chi connectivity index (χ2v) is 8.62. The van der Waals surface area contributed by atoms with Crippen molar-refractivity contribution in [3.63, 3.8) is 0 Å². The van der Waals surface area contributed by atoms with Crippen molar-refractivity contribution in [3.05, 3.63) is 90.5 Å². The van der Waals surface area contributed by atoms with Gasteiger partial charge in [-0.25, -0.2) is 8.42 Å². The Kier molecular flexibility index (Phi) is 8.25. The number of nitrogens with zero attached hydrogens (tertiary/aromatic N) is 1. The first-order chi connectivity index (χ1) is 13.4. The first-order valence-electron chi connectivity index (χ1n) is 9.32. The molecule has 0 atom stereocenters. The zero-order valence-corrected chi connectivity index (χ0v) is 17.2. The molecule has 2 rings (SSSR count). The van der Waals surface area contributed by atoms with E-state index in [1.807, 2.05) is 43.3 Å². The molecule has 0 spiro atoms. The number of allylic oxidation sites excluding steroid dienone is 1. The number of unbranched alkanes of at least 4 members (excludes halogenated alkanes) is 1. The second kappa shape index (κ2) is 10.7. The fourth-order valence-corrected chi connectivity index (χ4v) is 4.03. The molecule has 0 bridgehead atoms. The number of hydrogen-bond acceptors (Lipinski definition) is 2. The van der Waals surface area contributed by atoms with E-state index < -0.39 is 10.0 Å². The highest BCUT2D eigenvalue weighted by Gasteiger charge is 2.24. The first kappa shape index (κ1) is 21.7. The molecule has 0 saturated carbocycles. The predicted octanol–water partition coefficient (Wildman–Crippen LogP) is 4.95. The van der Waals surface area contributed by atoms with Gasteiger partial charge in [-0.2, -0.15) is 4.31 Å². The quantitative estimate of drug-likeness (QED) is 0.343. The maximum absolute atomic E-state index is 13.2. The van der Waals surface area contributed by atoms with E-state index in [4.69, 9.17) is 0 Å². The van der Waals surface area contributed by atoms with Gasteiger partial charge < -0.3 is 0 Å². The molecule has 0 aliphatic rings. The zero-order chi connectivity index (χ0) is 20.4. The Morgan fingerprint density at radius 3 is 2.43 bits per heavy atom. The highest BCUT2D eigenvalue weighted by atomic mass is 32.2. The van der Waals surface area contributed by atoms with Crippen LogP contribution in [0.5, 0.6) is 0 Å². The van der Waals surface area contributed by atoms with E-state index in [2.05, 4.69) is 25.0 Å². The van der Waals surface area contributed by atoms with Crippen molar-refractivity contribution in [3.8, 4) is 11.8 Å². The summed E-state index contributed by atoms with van der Waals surface area (Å²) in [6, 6.07) is 16.4. The fraction of sp³-hybridized carbons (Fsp3) is 0.250. The van der Waals surface area contributed by atoms with Crippen molar-refractivity contribution in [2.45, 2.75) is 31.1 Å². The monoisotopic (exact) mass is 393 g/mol. The number of hydrogen-bond donors (Lipinski definition) is 0. The number of rotatable bonds is 9. The highest BCUT2D eigenvalue weighted by Crippen LogP contribution is 2.18. The summed E-state index contributed by atoms with van der Waals surface area (Å²) in [4.78, 5) is 0.276. The summed E-state index contributed by atoms with van der Waals surface area (Å²) in [6.07, 6.45) is 4.42. The van der Waals surface area contributed by atoms with Gasteiger partial charge in [-0.1, -0.05) is 66.0 Å². The van der Waals surface area contributed by atoms with E-state index >= 15 is 0 Å². The third-order valence-corrected chi connectivity index (χ3v) is 6.07. The summed E-state index contributed by atoms with van der Waals surface area (Å²) in [5, 5.41) is 0. The van der Waals surface area contributed by atoms with Gasteiger partial charge in [0.1, 0.15) is 0 Å². The molecule has 0 aliphatic carbocycles. The van der Waals surface area contributed by atoms with Gasteiger partial charge in [-0.05, 0) is 50.5 Å². The van der Waals surface area contributed by atoms with Gasteiger partial charge in [-0.3, -0.25) is 0 Å². The van der Waals surface area contributed by atoms with E-state index in [1.54, 1.807) is 24.3 Å². The van der Waals surface area contributed by atoms with Crippen LogP contribution in [0.25, 0.3) is 0 Å². The van der Waals surface area contributed by atoms with Crippen LogP contribution in [0.4, 0.5) is 0 Å². The van der Waals surface area contributed by atoms with Crippen LogP contribution >= 0.6 is 0 Å². The van der Waals surface area contributed by atoms with Gasteiger partial charge >= 0.3 is 0 Å². The summed E-state index contributed by atoms with van der Waals surface area (Å²) < 4.78 is 27.7. The average molecular weight is 394 g/mol. The number of benzene rings is 2. The Hall–Kier alpha value is -2.61. The van der Waals surface area contributed by atoms with E-state index in [1.165, 1.54) is 4.31 Å². The number of sulfonamides is 1. The molecule has 146 valence electrons. The molecule has 2 aromatic rings. The van der Waals surface area contributed by atoms with Crippen LogP contribution in [0.3, 0.4) is 0 Å². The minimum Gasteiger partial charge on any atom is -0.207 e. The molecule has 3 nitrogen and oxygen atoms in total. The fourth-order valence-electron chi connectivity index (χ4n) is 2.66. The van der Waals surface area contributed by atoms with E-state index in [0.717, 1.165) is 36.0 Å². The molecule has 0 amide bonds. The van der Waals surface area contributed by atoms with Crippen LogP contribution < -0.4 is 0 Å². The minimum absolute atomic E-state index is 0.117. The molecule has 0 radical (unpaired) electrons. The third kappa shape index (κ3) is 6.53. The molecule has 0 aromatic heterocycles. The largest absolute Gasteiger partial charge is 0.244 e. The molecule has 0 aliphatic heterocycles. The first-order valence-corrected chi connectivity index (χ1v) is 10.8. The lowest BCUT2D eigenvalue weighted by molar-refractivity contribution is 0.466. The van der Waals surface area contributed by atoms with Crippen LogP contribution in [0, 0.1) is 18.8 Å². The van der Waals surface area contributed by atoms with Crippen molar-refractivity contribution in [1.29, 1.82) is 0 Å². The highest BCUT2D eigenvalue weighted by molar-refractivity contribution is 7.89. The van der Waals surface area contributed by atoms with Crippen molar-refractivity contribution >= 4 is 10.0 Å². The minimum atomic E-state index is -3.65. The Bertz CT molecular complexity index is 949. The Morgan fingerprint density at radius 2 is 1.79 bits per heavy atom. The lowest BCUT2D eigenvalue weighted by Gasteiger charge is -2.21. The van der Waals surface area contributed by atoms with Crippen LogP contribution in [-0.2, 0) is 10.0 Å². The SMILES string of the molecule is C=CCCCC(=C)CN(CC#Cc1ccccc1)S(=O)(=O)c1ccc(C)cc1. The van der Waals surface area contributed by atoms with Crippen molar-refractivity contribution in [1.82, 2.24) is 4.31 Å². The van der Waals surface area contributed by atoms with Gasteiger partial charge in [0, 0.05) is 12.1 Å². The Labute approximate surface area is 169 Å². The Balaban J connectivity index is 2.22. The lowest BCUT2D eigenvalue weighted by Crippen LogP contribution is -2.33. The number of aryl methyl sites for hydroxylation is 1. The van der Waals surface area contributed by atoms with Gasteiger partial charge in [0.25, 0.3) is 0 Å².